The van der Waals surface area contributed by atoms with Gasteiger partial charge in [-0.25, -0.2) is 4.98 Å². The Morgan fingerprint density at radius 3 is 2.80 bits per heavy atom. The number of aromatic nitrogens is 2. The van der Waals surface area contributed by atoms with Gasteiger partial charge in [0.05, 0.1) is 30.9 Å². The highest BCUT2D eigenvalue weighted by molar-refractivity contribution is 9.10. The Morgan fingerprint density at radius 2 is 2.03 bits per heavy atom. The van der Waals surface area contributed by atoms with E-state index in [4.69, 9.17) is 9.47 Å². The maximum absolute atomic E-state index is 12.6. The monoisotopic (exact) mass is 473 g/mol. The van der Waals surface area contributed by atoms with Crippen molar-refractivity contribution in [2.45, 2.75) is 32.9 Å². The molecule has 0 bridgehead atoms. The Kier molecular flexibility index (Phi) is 7.46. The van der Waals surface area contributed by atoms with Crippen molar-refractivity contribution in [2.75, 3.05) is 13.7 Å². The molecular formula is C22H24BrN3O4. The van der Waals surface area contributed by atoms with Gasteiger partial charge in [-0.2, -0.15) is 0 Å². The third-order valence-corrected chi connectivity index (χ3v) is 5.04. The molecule has 0 spiro atoms. The van der Waals surface area contributed by atoms with Crippen molar-refractivity contribution in [1.29, 1.82) is 0 Å². The van der Waals surface area contributed by atoms with Gasteiger partial charge >= 0.3 is 0 Å². The van der Waals surface area contributed by atoms with E-state index in [0.717, 1.165) is 16.5 Å². The lowest BCUT2D eigenvalue weighted by Gasteiger charge is -2.12. The van der Waals surface area contributed by atoms with Gasteiger partial charge in [0.15, 0.2) is 11.5 Å². The summed E-state index contributed by atoms with van der Waals surface area (Å²) in [5.41, 5.74) is 1.36. The van der Waals surface area contributed by atoms with Crippen molar-refractivity contribution in [3.05, 3.63) is 63.1 Å². The lowest BCUT2D eigenvalue weighted by Crippen LogP contribution is -2.27. The number of hydrogen-bond donors (Lipinski definition) is 1. The van der Waals surface area contributed by atoms with Gasteiger partial charge in [0, 0.05) is 24.0 Å². The first-order valence-corrected chi connectivity index (χ1v) is 10.5. The zero-order chi connectivity index (χ0) is 21.5. The van der Waals surface area contributed by atoms with E-state index in [0.29, 0.717) is 35.6 Å². The molecule has 7 nitrogen and oxygen atoms in total. The SMILES string of the molecule is CCCOc1ccc(CNC(=O)CCn2cnc3ccc(Br)cc3c2=O)cc1OC. The highest BCUT2D eigenvalue weighted by Crippen LogP contribution is 2.28. The third kappa shape index (κ3) is 5.38. The lowest BCUT2D eigenvalue weighted by molar-refractivity contribution is -0.121. The maximum Gasteiger partial charge on any atom is 0.261 e. The van der Waals surface area contributed by atoms with E-state index in [2.05, 4.69) is 26.2 Å². The topological polar surface area (TPSA) is 82.5 Å². The van der Waals surface area contributed by atoms with E-state index in [1.165, 1.54) is 10.9 Å². The summed E-state index contributed by atoms with van der Waals surface area (Å²) in [5, 5.41) is 3.39. The van der Waals surface area contributed by atoms with Crippen molar-refractivity contribution < 1.29 is 14.3 Å². The molecule has 0 aliphatic rings. The largest absolute Gasteiger partial charge is 0.493 e. The number of ether oxygens (including phenoxy) is 2. The second-order valence-electron chi connectivity index (χ2n) is 6.76. The molecule has 1 aromatic heterocycles. The standard InChI is InChI=1S/C22H24BrN3O4/c1-3-10-30-19-7-4-15(11-20(19)29-2)13-24-21(27)8-9-26-14-25-18-6-5-16(23)12-17(18)22(26)28/h4-7,11-12,14H,3,8-10,13H2,1-2H3,(H,24,27). The summed E-state index contributed by atoms with van der Waals surface area (Å²) in [4.78, 5) is 29.2. The number of hydrogen-bond acceptors (Lipinski definition) is 5. The normalized spacial score (nSPS) is 10.8. The molecule has 0 saturated carbocycles. The van der Waals surface area contributed by atoms with Gasteiger partial charge in [0.25, 0.3) is 5.56 Å². The zero-order valence-electron chi connectivity index (χ0n) is 17.0. The fourth-order valence-corrected chi connectivity index (χ4v) is 3.32. The molecule has 2 aromatic carbocycles. The molecule has 0 fully saturated rings. The number of carbonyl (C=O) groups excluding carboxylic acids is 1. The molecule has 1 heterocycles. The van der Waals surface area contributed by atoms with Gasteiger partial charge in [0.2, 0.25) is 5.91 Å². The summed E-state index contributed by atoms with van der Waals surface area (Å²) in [6.07, 6.45) is 2.57. The molecule has 0 saturated heterocycles. The van der Waals surface area contributed by atoms with E-state index in [1.807, 2.05) is 31.2 Å². The number of nitrogens with zero attached hydrogens (tertiary/aromatic N) is 2. The smallest absolute Gasteiger partial charge is 0.261 e. The van der Waals surface area contributed by atoms with Crippen LogP contribution < -0.4 is 20.3 Å². The number of rotatable bonds is 9. The molecule has 3 rings (SSSR count). The number of amides is 1. The van der Waals surface area contributed by atoms with Gasteiger partial charge in [-0.1, -0.05) is 28.9 Å². The quantitative estimate of drug-likeness (QED) is 0.512. The van der Waals surface area contributed by atoms with Crippen LogP contribution in [0.3, 0.4) is 0 Å². The lowest BCUT2D eigenvalue weighted by atomic mass is 10.2. The van der Waals surface area contributed by atoms with E-state index >= 15 is 0 Å². The highest BCUT2D eigenvalue weighted by atomic mass is 79.9. The fraction of sp³-hybridized carbons (Fsp3) is 0.318. The molecule has 1 amide bonds. The minimum Gasteiger partial charge on any atom is -0.493 e. The van der Waals surface area contributed by atoms with E-state index in [1.54, 1.807) is 19.2 Å². The Labute approximate surface area is 183 Å². The summed E-state index contributed by atoms with van der Waals surface area (Å²) in [6.45, 7) is 3.28. The third-order valence-electron chi connectivity index (χ3n) is 4.55. The van der Waals surface area contributed by atoms with E-state index < -0.39 is 0 Å². The van der Waals surface area contributed by atoms with Crippen LogP contribution in [-0.2, 0) is 17.9 Å². The van der Waals surface area contributed by atoms with Crippen LogP contribution in [0.25, 0.3) is 10.9 Å². The van der Waals surface area contributed by atoms with E-state index in [9.17, 15) is 9.59 Å². The van der Waals surface area contributed by atoms with Crippen molar-refractivity contribution in [3.63, 3.8) is 0 Å². The minimum atomic E-state index is -0.165. The van der Waals surface area contributed by atoms with Crippen LogP contribution in [0.2, 0.25) is 0 Å². The van der Waals surface area contributed by atoms with Gasteiger partial charge in [-0.05, 0) is 42.3 Å². The second kappa shape index (κ2) is 10.2. The molecule has 0 atom stereocenters. The highest BCUT2D eigenvalue weighted by Gasteiger charge is 2.09. The number of benzene rings is 2. The summed E-state index contributed by atoms with van der Waals surface area (Å²) in [7, 11) is 1.59. The molecule has 0 unspecified atom stereocenters. The van der Waals surface area contributed by atoms with Crippen LogP contribution in [0.1, 0.15) is 25.3 Å². The Hall–Kier alpha value is -2.87. The molecule has 8 heteroatoms. The number of carbonyl (C=O) groups is 1. The number of aryl methyl sites for hydroxylation is 1. The number of nitrogens with one attached hydrogen (secondary N) is 1. The van der Waals surface area contributed by atoms with Gasteiger partial charge in [0.1, 0.15) is 0 Å². The molecule has 0 aliphatic carbocycles. The number of methoxy groups -OCH3 is 1. The van der Waals surface area contributed by atoms with Gasteiger partial charge < -0.3 is 14.8 Å². The van der Waals surface area contributed by atoms with Crippen LogP contribution in [0, 0.1) is 0 Å². The summed E-state index contributed by atoms with van der Waals surface area (Å²) < 4.78 is 13.3. The summed E-state index contributed by atoms with van der Waals surface area (Å²) >= 11 is 3.37. The molecular weight excluding hydrogens is 450 g/mol. The van der Waals surface area contributed by atoms with Crippen LogP contribution >= 0.6 is 15.9 Å². The average Bonchev–Trinajstić information content (AvgIpc) is 2.76. The van der Waals surface area contributed by atoms with Crippen LogP contribution in [0.5, 0.6) is 11.5 Å². The number of halogens is 1. The molecule has 0 aliphatic heterocycles. The van der Waals surface area contributed by atoms with Gasteiger partial charge in [-0.3, -0.25) is 14.2 Å². The predicted molar refractivity (Wildman–Crippen MR) is 119 cm³/mol. The molecule has 158 valence electrons. The summed E-state index contributed by atoms with van der Waals surface area (Å²) in [5.74, 6) is 1.17. The Balaban J connectivity index is 1.58. The first-order chi connectivity index (χ1) is 14.5. The average molecular weight is 474 g/mol. The molecule has 3 aromatic rings. The molecule has 1 N–H and O–H groups in total. The predicted octanol–water partition coefficient (Wildman–Crippen LogP) is 3.66. The van der Waals surface area contributed by atoms with Crippen molar-refractivity contribution in [1.82, 2.24) is 14.9 Å². The van der Waals surface area contributed by atoms with E-state index in [-0.39, 0.29) is 24.4 Å². The van der Waals surface area contributed by atoms with Gasteiger partial charge in [-0.15, -0.1) is 0 Å². The van der Waals surface area contributed by atoms with Crippen LogP contribution in [0.15, 0.2) is 52.0 Å². The van der Waals surface area contributed by atoms with Crippen LogP contribution in [-0.4, -0.2) is 29.2 Å². The fourth-order valence-electron chi connectivity index (χ4n) is 2.95. The van der Waals surface area contributed by atoms with Crippen molar-refractivity contribution >= 4 is 32.7 Å². The first-order valence-electron chi connectivity index (χ1n) is 9.73. The Bertz CT molecular complexity index is 1100. The second-order valence-corrected chi connectivity index (χ2v) is 7.68. The van der Waals surface area contributed by atoms with Crippen molar-refractivity contribution in [2.24, 2.45) is 0 Å². The van der Waals surface area contributed by atoms with Crippen LogP contribution in [0.4, 0.5) is 0 Å². The number of fused-ring (bicyclic) bond motifs is 1. The maximum atomic E-state index is 12.6. The zero-order valence-corrected chi connectivity index (χ0v) is 18.6. The first kappa shape index (κ1) is 21.8. The Morgan fingerprint density at radius 1 is 1.20 bits per heavy atom. The molecule has 30 heavy (non-hydrogen) atoms. The minimum absolute atomic E-state index is 0.151. The van der Waals surface area contributed by atoms with Crippen molar-refractivity contribution in [3.8, 4) is 11.5 Å². The summed E-state index contributed by atoms with van der Waals surface area (Å²) in [6, 6.07) is 10.9. The molecule has 0 radical (unpaired) electrons.